The summed E-state index contributed by atoms with van der Waals surface area (Å²) in [6.45, 7) is 0.959. The summed E-state index contributed by atoms with van der Waals surface area (Å²) in [6.07, 6.45) is 3.05. The van der Waals surface area contributed by atoms with E-state index >= 15 is 0 Å². The highest BCUT2D eigenvalue weighted by molar-refractivity contribution is 7.89. The first-order valence-electron chi connectivity index (χ1n) is 12.8. The molecule has 1 saturated carbocycles. The Kier molecular flexibility index (Phi) is 6.33. The fraction of sp³-hybridized carbons (Fsp3) is 0.357. The maximum absolute atomic E-state index is 13.3. The van der Waals surface area contributed by atoms with Crippen LogP contribution in [-0.2, 0) is 20.2 Å². The van der Waals surface area contributed by atoms with E-state index in [2.05, 4.69) is 10.3 Å². The number of aromatic nitrogens is 1. The van der Waals surface area contributed by atoms with Crippen molar-refractivity contribution in [3.63, 3.8) is 0 Å². The lowest BCUT2D eigenvalue weighted by Gasteiger charge is -2.30. The smallest absolute Gasteiger partial charge is 0.243 e. The van der Waals surface area contributed by atoms with Gasteiger partial charge in [0.25, 0.3) is 0 Å². The number of sulfonamides is 1. The van der Waals surface area contributed by atoms with Gasteiger partial charge >= 0.3 is 0 Å². The first-order chi connectivity index (χ1) is 18.4. The second-order valence-electron chi connectivity index (χ2n) is 10.1. The number of aliphatic hydroxyl groups excluding tert-OH is 1. The number of nitrogens with zero attached hydrogens (tertiary/aromatic N) is 2. The minimum absolute atomic E-state index is 0.0126. The van der Waals surface area contributed by atoms with Gasteiger partial charge in [-0.25, -0.2) is 13.4 Å². The highest BCUT2D eigenvalue weighted by Crippen LogP contribution is 2.51. The van der Waals surface area contributed by atoms with Crippen LogP contribution in [0, 0.1) is 5.92 Å². The Hall–Kier alpha value is -3.47. The molecule has 198 valence electrons. The first-order valence-corrected chi connectivity index (χ1v) is 14.2. The molecule has 6 rings (SSSR count). The van der Waals surface area contributed by atoms with Crippen molar-refractivity contribution in [1.82, 2.24) is 9.29 Å². The maximum Gasteiger partial charge on any atom is 0.243 e. The van der Waals surface area contributed by atoms with E-state index in [0.717, 1.165) is 36.8 Å². The average molecular weight is 536 g/mol. The van der Waals surface area contributed by atoms with Crippen molar-refractivity contribution in [1.29, 1.82) is 0 Å². The van der Waals surface area contributed by atoms with Gasteiger partial charge in [0.15, 0.2) is 11.5 Å². The van der Waals surface area contributed by atoms with E-state index in [1.165, 1.54) is 4.31 Å². The lowest BCUT2D eigenvalue weighted by atomic mass is 9.94. The predicted octanol–water partition coefficient (Wildman–Crippen LogP) is 3.54. The van der Waals surface area contributed by atoms with Crippen molar-refractivity contribution < 1.29 is 27.8 Å². The highest BCUT2D eigenvalue weighted by Gasteiger charge is 2.51. The molecule has 0 radical (unpaired) electrons. The molecule has 3 aromatic rings. The molecular weight excluding hydrogens is 506 g/mol. The molecule has 1 saturated heterocycles. The molecule has 2 aromatic carbocycles. The number of pyridine rings is 1. The molecule has 38 heavy (non-hydrogen) atoms. The van der Waals surface area contributed by atoms with Gasteiger partial charge in [0.1, 0.15) is 5.82 Å². The van der Waals surface area contributed by atoms with Crippen LogP contribution in [-0.4, -0.2) is 55.2 Å². The molecule has 0 bridgehead atoms. The number of hydrogen-bond acceptors (Lipinski definition) is 7. The summed E-state index contributed by atoms with van der Waals surface area (Å²) >= 11 is 0. The summed E-state index contributed by atoms with van der Waals surface area (Å²) in [4.78, 5) is 18.1. The van der Waals surface area contributed by atoms with Crippen molar-refractivity contribution in [2.24, 2.45) is 5.92 Å². The zero-order valence-electron chi connectivity index (χ0n) is 20.8. The van der Waals surface area contributed by atoms with Gasteiger partial charge in [-0.3, -0.25) is 4.79 Å². The largest absolute Gasteiger partial charge is 0.454 e. The summed E-state index contributed by atoms with van der Waals surface area (Å²) < 4.78 is 38.6. The number of rotatable bonds is 7. The molecule has 1 unspecified atom stereocenters. The molecule has 3 heterocycles. The molecule has 1 atom stereocenters. The number of carbonyl (C=O) groups excluding carboxylic acids is 1. The Balaban J connectivity index is 1.17. The van der Waals surface area contributed by atoms with Crippen LogP contribution in [0.15, 0.2) is 65.6 Å². The van der Waals surface area contributed by atoms with Gasteiger partial charge in [0.05, 0.1) is 16.0 Å². The number of nitrogens with one attached hydrogen (secondary N) is 1. The second kappa shape index (κ2) is 9.68. The number of benzene rings is 2. The standard InChI is InChI=1S/C28H29N3O6S/c32-17-19-3-2-14-31(16-19)38(34,35)22-9-6-20(7-10-22)23-4-1-5-26(29-23)30-27(33)28(12-13-28)21-8-11-24-25(15-21)37-18-36-24/h1,4-11,15,19,32H,2-3,12-14,16-18H2,(H,29,30,33). The molecule has 2 aliphatic heterocycles. The number of fused-ring (bicyclic) bond motifs is 1. The van der Waals surface area contributed by atoms with Gasteiger partial charge in [-0.2, -0.15) is 4.31 Å². The third-order valence-electron chi connectivity index (χ3n) is 7.63. The number of aliphatic hydroxyl groups is 1. The second-order valence-corrected chi connectivity index (χ2v) is 12.0. The van der Waals surface area contributed by atoms with Crippen molar-refractivity contribution in [3.05, 3.63) is 66.2 Å². The lowest BCUT2D eigenvalue weighted by Crippen LogP contribution is -2.40. The molecule has 1 aliphatic carbocycles. The van der Waals surface area contributed by atoms with Crippen LogP contribution in [0.3, 0.4) is 0 Å². The Labute approximate surface area is 221 Å². The summed E-state index contributed by atoms with van der Waals surface area (Å²) in [5, 5.41) is 12.4. The summed E-state index contributed by atoms with van der Waals surface area (Å²) in [7, 11) is -3.64. The average Bonchev–Trinajstić information content (AvgIpc) is 3.64. The third kappa shape index (κ3) is 4.53. The number of hydrogen-bond donors (Lipinski definition) is 2. The number of ether oxygens (including phenoxy) is 2. The monoisotopic (exact) mass is 535 g/mol. The van der Waals surface area contributed by atoms with Crippen LogP contribution < -0.4 is 14.8 Å². The molecular formula is C28H29N3O6S. The Morgan fingerprint density at radius 2 is 1.87 bits per heavy atom. The summed E-state index contributed by atoms with van der Waals surface area (Å²) in [5.41, 5.74) is 1.64. The topological polar surface area (TPSA) is 118 Å². The van der Waals surface area contributed by atoms with Gasteiger partial charge in [-0.1, -0.05) is 24.3 Å². The Morgan fingerprint density at radius 1 is 1.08 bits per heavy atom. The minimum atomic E-state index is -3.64. The quantitative estimate of drug-likeness (QED) is 0.475. The number of amides is 1. The van der Waals surface area contributed by atoms with Crippen LogP contribution in [0.5, 0.6) is 11.5 Å². The molecule has 1 amide bonds. The van der Waals surface area contributed by atoms with Gasteiger partial charge < -0.3 is 19.9 Å². The number of anilines is 1. The van der Waals surface area contributed by atoms with Crippen LogP contribution in [0.25, 0.3) is 11.3 Å². The van der Waals surface area contributed by atoms with E-state index < -0.39 is 15.4 Å². The zero-order chi connectivity index (χ0) is 26.3. The van der Waals surface area contributed by atoms with Gasteiger partial charge in [0.2, 0.25) is 22.7 Å². The fourth-order valence-corrected chi connectivity index (χ4v) is 6.76. The third-order valence-corrected chi connectivity index (χ3v) is 9.51. The van der Waals surface area contributed by atoms with Gasteiger partial charge in [0, 0.05) is 25.3 Å². The number of piperidine rings is 1. The molecule has 2 fully saturated rings. The van der Waals surface area contributed by atoms with Gasteiger partial charge in [-0.15, -0.1) is 0 Å². The van der Waals surface area contributed by atoms with Crippen molar-refractivity contribution in [2.75, 3.05) is 31.8 Å². The van der Waals surface area contributed by atoms with Crippen LogP contribution in [0.1, 0.15) is 31.2 Å². The molecule has 2 N–H and O–H groups in total. The van der Waals surface area contributed by atoms with Crippen molar-refractivity contribution >= 4 is 21.7 Å². The van der Waals surface area contributed by atoms with E-state index in [1.807, 2.05) is 30.3 Å². The van der Waals surface area contributed by atoms with Crippen LogP contribution in [0.4, 0.5) is 5.82 Å². The zero-order valence-corrected chi connectivity index (χ0v) is 21.6. The Bertz CT molecular complexity index is 1470. The molecule has 3 aliphatic rings. The van der Waals surface area contributed by atoms with E-state index in [0.29, 0.717) is 36.1 Å². The molecule has 1 aromatic heterocycles. The van der Waals surface area contributed by atoms with Crippen molar-refractivity contribution in [2.45, 2.75) is 36.0 Å². The van der Waals surface area contributed by atoms with Crippen molar-refractivity contribution in [3.8, 4) is 22.8 Å². The summed E-state index contributed by atoms with van der Waals surface area (Å²) in [6, 6.07) is 17.6. The summed E-state index contributed by atoms with van der Waals surface area (Å²) in [5.74, 6) is 1.62. The minimum Gasteiger partial charge on any atom is -0.454 e. The fourth-order valence-electron chi connectivity index (χ4n) is 5.21. The predicted molar refractivity (Wildman–Crippen MR) is 140 cm³/mol. The first kappa shape index (κ1) is 24.8. The normalized spacial score (nSPS) is 20.2. The van der Waals surface area contributed by atoms with E-state index in [1.54, 1.807) is 30.3 Å². The van der Waals surface area contributed by atoms with E-state index in [-0.39, 0.29) is 30.1 Å². The maximum atomic E-state index is 13.3. The molecule has 0 spiro atoms. The SMILES string of the molecule is O=C(Nc1cccc(-c2ccc(S(=O)(=O)N3CCCC(CO)C3)cc2)n1)C1(c2ccc3c(c2)OCO3)CC1. The number of carbonyl (C=O) groups is 1. The molecule has 9 nitrogen and oxygen atoms in total. The lowest BCUT2D eigenvalue weighted by molar-refractivity contribution is -0.118. The Morgan fingerprint density at radius 3 is 2.63 bits per heavy atom. The van der Waals surface area contributed by atoms with E-state index in [9.17, 15) is 18.3 Å². The highest BCUT2D eigenvalue weighted by atomic mass is 32.2. The van der Waals surface area contributed by atoms with E-state index in [4.69, 9.17) is 9.47 Å². The van der Waals surface area contributed by atoms with Crippen LogP contribution >= 0.6 is 0 Å². The van der Waals surface area contributed by atoms with Gasteiger partial charge in [-0.05, 0) is 73.6 Å². The van der Waals surface area contributed by atoms with Crippen LogP contribution in [0.2, 0.25) is 0 Å². The molecule has 10 heteroatoms.